The molecule has 3 heterocycles. The Kier molecular flexibility index (Phi) is 4.62. The number of nitrogens with zero attached hydrogens (tertiary/aromatic N) is 1. The summed E-state index contributed by atoms with van der Waals surface area (Å²) >= 11 is 0. The predicted molar refractivity (Wildman–Crippen MR) is 129 cm³/mol. The number of hydrogen-bond donors (Lipinski definition) is 1. The molecule has 33 heavy (non-hydrogen) atoms. The molecular weight excluding hydrogens is 408 g/mol. The van der Waals surface area contributed by atoms with Gasteiger partial charge in [0.05, 0.1) is 17.4 Å². The van der Waals surface area contributed by atoms with Crippen molar-refractivity contribution in [2.24, 2.45) is 40.9 Å². The molecule has 0 bridgehead atoms. The maximum absolute atomic E-state index is 7.05. The van der Waals surface area contributed by atoms with Gasteiger partial charge in [-0.15, -0.1) is 0 Å². The van der Waals surface area contributed by atoms with Crippen LogP contribution in [0.3, 0.4) is 0 Å². The molecule has 1 aromatic rings. The van der Waals surface area contributed by atoms with Gasteiger partial charge in [0.25, 0.3) is 0 Å². The van der Waals surface area contributed by atoms with Gasteiger partial charge in [0, 0.05) is 17.5 Å². The molecule has 2 aliphatic heterocycles. The Hall–Kier alpha value is -1.13. The van der Waals surface area contributed by atoms with E-state index >= 15 is 0 Å². The Morgan fingerprint density at radius 3 is 2.88 bits per heavy atom. The van der Waals surface area contributed by atoms with Gasteiger partial charge >= 0.3 is 0 Å². The summed E-state index contributed by atoms with van der Waals surface area (Å²) in [6, 6.07) is 0.555. The first-order chi connectivity index (χ1) is 15.9. The summed E-state index contributed by atoms with van der Waals surface area (Å²) in [6.07, 6.45) is 13.8. The van der Waals surface area contributed by atoms with E-state index in [1.165, 1.54) is 62.6 Å². The van der Waals surface area contributed by atoms with E-state index in [1.54, 1.807) is 5.57 Å². The van der Waals surface area contributed by atoms with Gasteiger partial charge < -0.3 is 14.6 Å². The second-order valence-electron chi connectivity index (χ2n) is 13.3. The molecule has 1 unspecified atom stereocenters. The van der Waals surface area contributed by atoms with E-state index in [9.17, 15) is 0 Å². The highest BCUT2D eigenvalue weighted by Crippen LogP contribution is 2.64. The first-order valence-electron chi connectivity index (χ1n) is 13.9. The van der Waals surface area contributed by atoms with Crippen LogP contribution in [0.2, 0.25) is 0 Å². The van der Waals surface area contributed by atoms with E-state index in [1.807, 2.05) is 11.8 Å². The lowest BCUT2D eigenvalue weighted by atomic mass is 9.52. The summed E-state index contributed by atoms with van der Waals surface area (Å²) in [4.78, 5) is 0. The Morgan fingerprint density at radius 2 is 2.00 bits per heavy atom. The largest absolute Gasteiger partial charge is 0.369 e. The molecule has 2 saturated heterocycles. The minimum Gasteiger partial charge on any atom is -0.369 e. The highest BCUT2D eigenvalue weighted by atomic mass is 16.5. The second kappa shape index (κ2) is 7.20. The summed E-state index contributed by atoms with van der Waals surface area (Å²) in [7, 11) is 0. The van der Waals surface area contributed by atoms with Crippen molar-refractivity contribution in [1.29, 1.82) is 0 Å². The first-order valence-corrected chi connectivity index (χ1v) is 13.9. The minimum absolute atomic E-state index is 0.0621. The van der Waals surface area contributed by atoms with Crippen LogP contribution in [-0.4, -0.2) is 29.4 Å². The van der Waals surface area contributed by atoms with E-state index in [-0.39, 0.29) is 5.60 Å². The number of ether oxygens (including phenoxy) is 1. The molecule has 2 saturated carbocycles. The van der Waals surface area contributed by atoms with Crippen LogP contribution in [0.25, 0.3) is 0 Å². The third-order valence-corrected chi connectivity index (χ3v) is 11.8. The van der Waals surface area contributed by atoms with Crippen LogP contribution in [0.1, 0.15) is 83.9 Å². The molecule has 10 atom stereocenters. The fourth-order valence-electron chi connectivity index (χ4n) is 9.95. The number of rotatable bonds is 0. The quantitative estimate of drug-likeness (QED) is 0.514. The number of hydrogen-bond acceptors (Lipinski definition) is 4. The lowest BCUT2D eigenvalue weighted by molar-refractivity contribution is -0.0733. The molecule has 7 rings (SSSR count). The van der Waals surface area contributed by atoms with Crippen molar-refractivity contribution in [2.45, 2.75) is 103 Å². The smallest absolute Gasteiger partial charge is 0.127 e. The normalized spacial score (nSPS) is 50.9. The number of allylic oxidation sites excluding steroid dienone is 1. The average molecular weight is 451 g/mol. The Labute approximate surface area is 199 Å². The Balaban J connectivity index is 1.19. The van der Waals surface area contributed by atoms with Crippen molar-refractivity contribution in [3.8, 4) is 0 Å². The molecule has 1 aromatic heterocycles. The van der Waals surface area contributed by atoms with Gasteiger partial charge in [0.2, 0.25) is 0 Å². The lowest BCUT2D eigenvalue weighted by Crippen LogP contribution is -2.48. The van der Waals surface area contributed by atoms with E-state index in [0.29, 0.717) is 23.5 Å². The van der Waals surface area contributed by atoms with Crippen LogP contribution in [0.4, 0.5) is 0 Å². The van der Waals surface area contributed by atoms with Crippen LogP contribution in [0, 0.1) is 40.9 Å². The molecular formula is C29H42N2O2. The fraction of sp³-hybridized carbons (Fsp3) is 0.828. The number of aromatic nitrogens is 1. The summed E-state index contributed by atoms with van der Waals surface area (Å²) in [5.74, 6) is 4.61. The van der Waals surface area contributed by atoms with Crippen molar-refractivity contribution in [1.82, 2.24) is 10.5 Å². The van der Waals surface area contributed by atoms with E-state index < -0.39 is 0 Å². The molecule has 0 aromatic carbocycles. The fourth-order valence-corrected chi connectivity index (χ4v) is 9.95. The van der Waals surface area contributed by atoms with Gasteiger partial charge in [-0.25, -0.2) is 0 Å². The zero-order valence-corrected chi connectivity index (χ0v) is 21.0. The third-order valence-electron chi connectivity index (χ3n) is 11.8. The summed E-state index contributed by atoms with van der Waals surface area (Å²) in [5.41, 5.74) is 6.64. The molecule has 1 N–H and O–H groups in total. The lowest BCUT2D eigenvalue weighted by Gasteiger charge is -2.52. The highest BCUT2D eigenvalue weighted by Gasteiger charge is 2.59. The molecule has 180 valence electrons. The Bertz CT molecular complexity index is 982. The van der Waals surface area contributed by atoms with Crippen molar-refractivity contribution in [2.75, 3.05) is 6.54 Å². The molecule has 4 fully saturated rings. The summed E-state index contributed by atoms with van der Waals surface area (Å²) < 4.78 is 12.4. The van der Waals surface area contributed by atoms with Crippen molar-refractivity contribution in [3.63, 3.8) is 0 Å². The topological polar surface area (TPSA) is 47.3 Å². The van der Waals surface area contributed by atoms with Gasteiger partial charge in [0.15, 0.2) is 0 Å². The van der Waals surface area contributed by atoms with E-state index in [0.717, 1.165) is 42.6 Å². The van der Waals surface area contributed by atoms with Gasteiger partial charge in [-0.1, -0.05) is 37.1 Å². The summed E-state index contributed by atoms with van der Waals surface area (Å²) in [5, 5.41) is 8.21. The van der Waals surface area contributed by atoms with E-state index in [2.05, 4.69) is 38.2 Å². The number of fused-ring (bicyclic) bond motifs is 7. The predicted octanol–water partition coefficient (Wildman–Crippen LogP) is 5.71. The molecule has 0 radical (unpaired) electrons. The molecule has 0 amide bonds. The SMILES string of the molecule is CC1=C2C[C@H]3[C@@H](CC[C@@H]4Cc5nocc5C[C@@]43C)[C@@H]2CC[C@@]2(C1)O[C@@H]1C[C@H](C)CNC1[C@H]2C. The zero-order valence-electron chi connectivity index (χ0n) is 21.0. The molecule has 4 heteroatoms. The average Bonchev–Trinajstić information content (AvgIpc) is 3.43. The first kappa shape index (κ1) is 21.2. The molecule has 6 aliphatic rings. The van der Waals surface area contributed by atoms with Gasteiger partial charge in [-0.2, -0.15) is 0 Å². The summed E-state index contributed by atoms with van der Waals surface area (Å²) in [6.45, 7) is 11.1. The van der Waals surface area contributed by atoms with Gasteiger partial charge in [-0.3, -0.25) is 0 Å². The van der Waals surface area contributed by atoms with Gasteiger partial charge in [0.1, 0.15) is 6.26 Å². The zero-order chi connectivity index (χ0) is 22.5. The van der Waals surface area contributed by atoms with Crippen LogP contribution >= 0.6 is 0 Å². The van der Waals surface area contributed by atoms with Crippen LogP contribution in [0.5, 0.6) is 0 Å². The van der Waals surface area contributed by atoms with Crippen molar-refractivity contribution < 1.29 is 9.26 Å². The standard InChI is InChI=1S/C29H42N2O2/c1-16-9-26-27(30-14-16)18(3)29(33-26)8-7-21-22-6-5-20-10-25-19(15-32-31-25)13-28(20,4)24(22)11-23(21)17(2)12-29/h15-16,18,20-22,24,26-27,30H,5-14H2,1-4H3/t16-,18+,20+,21-,22-,24-,26+,27?,28-,29-/m0/s1. The number of nitrogens with one attached hydrogen (secondary N) is 1. The minimum atomic E-state index is 0.0621. The Morgan fingerprint density at radius 1 is 1.12 bits per heavy atom. The second-order valence-corrected chi connectivity index (χ2v) is 13.3. The molecule has 1 spiro atoms. The van der Waals surface area contributed by atoms with Crippen molar-refractivity contribution >= 4 is 0 Å². The van der Waals surface area contributed by atoms with Crippen molar-refractivity contribution in [3.05, 3.63) is 28.7 Å². The van der Waals surface area contributed by atoms with Gasteiger partial charge in [-0.05, 0) is 106 Å². The molecule has 4 aliphatic carbocycles. The monoisotopic (exact) mass is 450 g/mol. The molecule has 4 nitrogen and oxygen atoms in total. The number of piperidine rings is 1. The maximum atomic E-state index is 7.05. The van der Waals surface area contributed by atoms with E-state index in [4.69, 9.17) is 9.26 Å². The third kappa shape index (κ3) is 2.92. The van der Waals surface area contributed by atoms with Crippen LogP contribution in [-0.2, 0) is 17.6 Å². The van der Waals surface area contributed by atoms with Crippen LogP contribution in [0.15, 0.2) is 21.9 Å². The van der Waals surface area contributed by atoms with Crippen LogP contribution < -0.4 is 5.32 Å². The maximum Gasteiger partial charge on any atom is 0.127 e. The highest BCUT2D eigenvalue weighted by molar-refractivity contribution is 5.31.